The van der Waals surface area contributed by atoms with Gasteiger partial charge in [0.15, 0.2) is 5.12 Å². The molecule has 0 saturated carbocycles. The summed E-state index contributed by atoms with van der Waals surface area (Å²) < 4.78 is 5.01. The first-order chi connectivity index (χ1) is 6.20. The monoisotopic (exact) mass is 204 g/mol. The van der Waals surface area contributed by atoms with Crippen LogP contribution in [0.5, 0.6) is 0 Å². The number of ether oxygens (including phenoxy) is 1. The second-order valence-corrected chi connectivity index (χ2v) is 4.63. The van der Waals surface area contributed by atoms with Crippen LogP contribution in [0.1, 0.15) is 39.5 Å². The zero-order valence-corrected chi connectivity index (χ0v) is 9.65. The second kappa shape index (κ2) is 8.57. The van der Waals surface area contributed by atoms with Gasteiger partial charge in [0.1, 0.15) is 0 Å². The molecule has 0 heterocycles. The largest absolute Gasteiger partial charge is 0.385 e. The molecule has 0 unspecified atom stereocenters. The van der Waals surface area contributed by atoms with Gasteiger partial charge in [-0.15, -0.1) is 0 Å². The molecule has 0 rings (SSSR count). The van der Waals surface area contributed by atoms with Crippen molar-refractivity contribution in [2.24, 2.45) is 0 Å². The van der Waals surface area contributed by atoms with Crippen LogP contribution in [0.3, 0.4) is 0 Å². The predicted molar refractivity (Wildman–Crippen MR) is 58.1 cm³/mol. The van der Waals surface area contributed by atoms with E-state index in [4.69, 9.17) is 4.74 Å². The van der Waals surface area contributed by atoms with Crippen LogP contribution in [0.15, 0.2) is 0 Å². The molecule has 0 aliphatic rings. The Labute approximate surface area is 85.4 Å². The molecule has 0 amide bonds. The number of hydrogen-bond donors (Lipinski definition) is 0. The minimum Gasteiger partial charge on any atom is -0.385 e. The Kier molecular flexibility index (Phi) is 8.56. The Morgan fingerprint density at radius 1 is 1.46 bits per heavy atom. The SMILES string of the molecule is CCCC[C@H](CCOC)SC(C)=O. The highest BCUT2D eigenvalue weighted by Gasteiger charge is 2.10. The minimum atomic E-state index is 0.220. The Morgan fingerprint density at radius 2 is 2.15 bits per heavy atom. The first-order valence-electron chi connectivity index (χ1n) is 4.86. The maximum Gasteiger partial charge on any atom is 0.186 e. The molecule has 0 radical (unpaired) electrons. The number of thioether (sulfide) groups is 1. The van der Waals surface area contributed by atoms with Gasteiger partial charge in [0, 0.05) is 25.9 Å². The molecule has 3 heteroatoms. The van der Waals surface area contributed by atoms with E-state index in [0.29, 0.717) is 5.25 Å². The summed E-state index contributed by atoms with van der Waals surface area (Å²) in [7, 11) is 1.70. The summed E-state index contributed by atoms with van der Waals surface area (Å²) in [5.41, 5.74) is 0. The standard InChI is InChI=1S/C10H20O2S/c1-4-5-6-10(7-8-12-3)13-9(2)11/h10H,4-8H2,1-3H3/t10-/m1/s1. The molecular formula is C10H20O2S. The molecule has 13 heavy (non-hydrogen) atoms. The van der Waals surface area contributed by atoms with Crippen LogP contribution in [-0.4, -0.2) is 24.1 Å². The minimum absolute atomic E-state index is 0.220. The quantitative estimate of drug-likeness (QED) is 0.638. The van der Waals surface area contributed by atoms with Gasteiger partial charge in [0.2, 0.25) is 0 Å². The molecule has 0 aromatic rings. The Bertz CT molecular complexity index is 129. The molecule has 0 aromatic carbocycles. The van der Waals surface area contributed by atoms with Crippen molar-refractivity contribution in [3.8, 4) is 0 Å². The lowest BCUT2D eigenvalue weighted by Crippen LogP contribution is -2.08. The van der Waals surface area contributed by atoms with Crippen molar-refractivity contribution in [1.29, 1.82) is 0 Å². The summed E-state index contributed by atoms with van der Waals surface area (Å²) >= 11 is 1.46. The van der Waals surface area contributed by atoms with Crippen molar-refractivity contribution in [2.45, 2.75) is 44.8 Å². The van der Waals surface area contributed by atoms with E-state index in [1.54, 1.807) is 14.0 Å². The average Bonchev–Trinajstić information content (AvgIpc) is 2.09. The van der Waals surface area contributed by atoms with Gasteiger partial charge in [-0.05, 0) is 12.8 Å². The molecule has 0 saturated heterocycles. The number of methoxy groups -OCH3 is 1. The lowest BCUT2D eigenvalue weighted by atomic mass is 10.1. The van der Waals surface area contributed by atoms with Crippen LogP contribution >= 0.6 is 11.8 Å². The molecule has 0 fully saturated rings. The van der Waals surface area contributed by atoms with Gasteiger partial charge in [-0.3, -0.25) is 4.79 Å². The third-order valence-electron chi connectivity index (χ3n) is 1.86. The zero-order valence-electron chi connectivity index (χ0n) is 8.84. The van der Waals surface area contributed by atoms with E-state index in [1.165, 1.54) is 24.6 Å². The van der Waals surface area contributed by atoms with Gasteiger partial charge in [-0.2, -0.15) is 0 Å². The number of unbranched alkanes of at least 4 members (excludes halogenated alkanes) is 1. The number of carbonyl (C=O) groups is 1. The fraction of sp³-hybridized carbons (Fsp3) is 0.900. The third-order valence-corrected chi connectivity index (χ3v) is 2.99. The fourth-order valence-corrected chi connectivity index (χ4v) is 2.15. The molecule has 0 aliphatic heterocycles. The first-order valence-corrected chi connectivity index (χ1v) is 5.74. The van der Waals surface area contributed by atoms with Crippen molar-refractivity contribution in [3.05, 3.63) is 0 Å². The van der Waals surface area contributed by atoms with E-state index < -0.39 is 0 Å². The zero-order chi connectivity index (χ0) is 10.1. The number of rotatable bonds is 7. The molecule has 0 spiro atoms. The second-order valence-electron chi connectivity index (χ2n) is 3.16. The Balaban J connectivity index is 3.66. The van der Waals surface area contributed by atoms with Gasteiger partial charge >= 0.3 is 0 Å². The molecule has 2 nitrogen and oxygen atoms in total. The number of carbonyl (C=O) groups excluding carboxylic acids is 1. The summed E-state index contributed by atoms with van der Waals surface area (Å²) in [6.45, 7) is 4.57. The van der Waals surface area contributed by atoms with Crippen molar-refractivity contribution in [2.75, 3.05) is 13.7 Å². The third kappa shape index (κ3) is 8.31. The van der Waals surface area contributed by atoms with E-state index in [0.717, 1.165) is 19.4 Å². The Morgan fingerprint density at radius 3 is 2.62 bits per heavy atom. The van der Waals surface area contributed by atoms with E-state index >= 15 is 0 Å². The fourth-order valence-electron chi connectivity index (χ4n) is 1.18. The topological polar surface area (TPSA) is 26.3 Å². The summed E-state index contributed by atoms with van der Waals surface area (Å²) in [4.78, 5) is 10.9. The molecule has 78 valence electrons. The Hall–Kier alpha value is -0.0200. The summed E-state index contributed by atoms with van der Waals surface area (Å²) in [6.07, 6.45) is 4.52. The van der Waals surface area contributed by atoms with Gasteiger partial charge in [-0.1, -0.05) is 31.5 Å². The molecule has 1 atom stereocenters. The van der Waals surface area contributed by atoms with E-state index in [2.05, 4.69) is 6.92 Å². The van der Waals surface area contributed by atoms with E-state index in [-0.39, 0.29) is 5.12 Å². The number of hydrogen-bond acceptors (Lipinski definition) is 3. The summed E-state index contributed by atoms with van der Waals surface area (Å²) in [5, 5.41) is 0.676. The van der Waals surface area contributed by atoms with Crippen molar-refractivity contribution in [1.82, 2.24) is 0 Å². The van der Waals surface area contributed by atoms with Gasteiger partial charge in [-0.25, -0.2) is 0 Å². The van der Waals surface area contributed by atoms with Crippen LogP contribution in [0, 0.1) is 0 Å². The predicted octanol–water partition coefficient (Wildman–Crippen LogP) is 2.86. The summed E-state index contributed by atoms with van der Waals surface area (Å²) in [6, 6.07) is 0. The van der Waals surface area contributed by atoms with Gasteiger partial charge in [0.05, 0.1) is 0 Å². The van der Waals surface area contributed by atoms with Crippen molar-refractivity contribution >= 4 is 16.9 Å². The lowest BCUT2D eigenvalue weighted by Gasteiger charge is -2.13. The maximum absolute atomic E-state index is 10.9. The smallest absolute Gasteiger partial charge is 0.186 e. The highest BCUT2D eigenvalue weighted by atomic mass is 32.2. The van der Waals surface area contributed by atoms with Crippen molar-refractivity contribution in [3.63, 3.8) is 0 Å². The highest BCUT2D eigenvalue weighted by molar-refractivity contribution is 8.14. The lowest BCUT2D eigenvalue weighted by molar-refractivity contribution is -0.109. The molecule has 0 aromatic heterocycles. The first kappa shape index (κ1) is 13.0. The van der Waals surface area contributed by atoms with Crippen LogP contribution in [0.2, 0.25) is 0 Å². The highest BCUT2D eigenvalue weighted by Crippen LogP contribution is 2.21. The van der Waals surface area contributed by atoms with Gasteiger partial charge < -0.3 is 4.74 Å². The normalized spacial score (nSPS) is 12.8. The van der Waals surface area contributed by atoms with Crippen LogP contribution in [0.4, 0.5) is 0 Å². The average molecular weight is 204 g/mol. The van der Waals surface area contributed by atoms with E-state index in [9.17, 15) is 4.79 Å². The van der Waals surface area contributed by atoms with Crippen molar-refractivity contribution < 1.29 is 9.53 Å². The van der Waals surface area contributed by atoms with E-state index in [1.807, 2.05) is 0 Å². The maximum atomic E-state index is 10.9. The molecule has 0 N–H and O–H groups in total. The molecule has 0 bridgehead atoms. The van der Waals surface area contributed by atoms with Crippen LogP contribution in [0.25, 0.3) is 0 Å². The summed E-state index contributed by atoms with van der Waals surface area (Å²) in [5.74, 6) is 0. The van der Waals surface area contributed by atoms with Gasteiger partial charge in [0.25, 0.3) is 0 Å². The van der Waals surface area contributed by atoms with Crippen LogP contribution < -0.4 is 0 Å². The molecule has 0 aliphatic carbocycles. The van der Waals surface area contributed by atoms with Crippen LogP contribution in [-0.2, 0) is 9.53 Å². The molecular weight excluding hydrogens is 184 g/mol.